The summed E-state index contributed by atoms with van der Waals surface area (Å²) in [6.07, 6.45) is 0. The molecule has 0 fully saturated rings. The predicted octanol–water partition coefficient (Wildman–Crippen LogP) is 3.31. The normalized spacial score (nSPS) is 10.3. The highest BCUT2D eigenvalue weighted by molar-refractivity contribution is 6.99. The van der Waals surface area contributed by atoms with Crippen molar-refractivity contribution >= 4 is 34.9 Å². The molecule has 2 aromatic rings. The molecule has 0 aliphatic heterocycles. The van der Waals surface area contributed by atoms with Gasteiger partial charge in [-0.1, -0.05) is 29.3 Å². The second kappa shape index (κ2) is 5.00. The van der Waals surface area contributed by atoms with E-state index >= 15 is 0 Å². The topological polar surface area (TPSA) is 52.1 Å². The van der Waals surface area contributed by atoms with Crippen LogP contribution in [0, 0.1) is 6.92 Å². The van der Waals surface area contributed by atoms with E-state index in [1.54, 1.807) is 18.2 Å². The highest BCUT2D eigenvalue weighted by Crippen LogP contribution is 2.24. The molecule has 0 bridgehead atoms. The van der Waals surface area contributed by atoms with Gasteiger partial charge in [0.25, 0.3) is 11.3 Å². The Bertz CT molecular complexity index is 615. The highest BCUT2D eigenvalue weighted by Gasteiger charge is 2.09. The Labute approximate surface area is 111 Å². The smallest absolute Gasteiger partial charge is 0.283 e. The minimum absolute atomic E-state index is 0.102. The zero-order valence-corrected chi connectivity index (χ0v) is 10.9. The molecule has 0 aliphatic rings. The fourth-order valence-electron chi connectivity index (χ4n) is 1.08. The largest absolute Gasteiger partial charge is 0.435 e. The number of aryl methyl sites for hydroxylation is 1. The zero-order chi connectivity index (χ0) is 12.4. The Balaban J connectivity index is 2.35. The number of hydrogen-bond donors (Lipinski definition) is 0. The lowest BCUT2D eigenvalue weighted by Gasteiger charge is -2.04. The Morgan fingerprint density at radius 2 is 2.06 bits per heavy atom. The van der Waals surface area contributed by atoms with Crippen molar-refractivity contribution in [3.05, 3.63) is 44.2 Å². The Hall–Kier alpha value is -1.17. The second-order valence-electron chi connectivity index (χ2n) is 3.20. The Kier molecular flexibility index (Phi) is 3.61. The summed E-state index contributed by atoms with van der Waals surface area (Å²) in [5.74, 6) is 0.328. The first-order valence-electron chi connectivity index (χ1n) is 4.54. The molecule has 0 spiro atoms. The lowest BCUT2D eigenvalue weighted by atomic mass is 10.2. The summed E-state index contributed by atoms with van der Waals surface area (Å²) >= 11 is 12.3. The molecule has 1 aromatic carbocycles. The number of hydrogen-bond acceptors (Lipinski definition) is 5. The molecule has 2 rings (SSSR count). The third-order valence-corrected chi connectivity index (χ3v) is 3.26. The van der Waals surface area contributed by atoms with Crippen LogP contribution in [-0.4, -0.2) is 8.75 Å². The van der Waals surface area contributed by atoms with Crippen molar-refractivity contribution in [1.82, 2.24) is 8.75 Å². The molecule has 88 valence electrons. The Morgan fingerprint density at radius 1 is 1.29 bits per heavy atom. The molecular weight excluding hydrogens is 283 g/mol. The number of benzene rings is 1. The van der Waals surface area contributed by atoms with Crippen molar-refractivity contribution in [2.24, 2.45) is 0 Å². The van der Waals surface area contributed by atoms with Crippen LogP contribution in [0.1, 0.15) is 5.56 Å². The van der Waals surface area contributed by atoms with Gasteiger partial charge in [0.1, 0.15) is 5.75 Å². The zero-order valence-electron chi connectivity index (χ0n) is 8.61. The van der Waals surface area contributed by atoms with E-state index in [-0.39, 0.29) is 11.0 Å². The maximum absolute atomic E-state index is 11.5. The number of halogens is 2. The van der Waals surface area contributed by atoms with Crippen molar-refractivity contribution in [3.8, 4) is 11.6 Å². The van der Waals surface area contributed by atoms with Gasteiger partial charge in [-0.25, -0.2) is 0 Å². The van der Waals surface area contributed by atoms with Crippen LogP contribution in [0.2, 0.25) is 10.2 Å². The first kappa shape index (κ1) is 12.3. The van der Waals surface area contributed by atoms with Crippen LogP contribution in [0.3, 0.4) is 0 Å². The van der Waals surface area contributed by atoms with Gasteiger partial charge in [0, 0.05) is 5.02 Å². The van der Waals surface area contributed by atoms with Crippen LogP contribution in [0.25, 0.3) is 0 Å². The third-order valence-electron chi connectivity index (χ3n) is 1.98. The summed E-state index contributed by atoms with van der Waals surface area (Å²) in [7, 11) is 0. The lowest BCUT2D eigenvalue weighted by molar-refractivity contribution is 0.462. The van der Waals surface area contributed by atoms with E-state index < -0.39 is 5.43 Å². The van der Waals surface area contributed by atoms with Crippen LogP contribution in [0.15, 0.2) is 23.0 Å². The molecular formula is C10H6Cl2N2O2S. The summed E-state index contributed by atoms with van der Waals surface area (Å²) in [5.41, 5.74) is 0.381. The van der Waals surface area contributed by atoms with Crippen molar-refractivity contribution in [2.75, 3.05) is 0 Å². The van der Waals surface area contributed by atoms with Crippen LogP contribution >= 0.6 is 34.9 Å². The molecule has 0 saturated heterocycles. The Morgan fingerprint density at radius 3 is 2.76 bits per heavy atom. The summed E-state index contributed by atoms with van der Waals surface area (Å²) in [5, 5.41) is 0.400. The van der Waals surface area contributed by atoms with Crippen LogP contribution < -0.4 is 10.2 Å². The molecule has 0 amide bonds. The van der Waals surface area contributed by atoms with Gasteiger partial charge >= 0.3 is 0 Å². The van der Waals surface area contributed by atoms with Gasteiger partial charge in [-0.3, -0.25) is 4.79 Å². The predicted molar refractivity (Wildman–Crippen MR) is 67.5 cm³/mol. The van der Waals surface area contributed by atoms with Gasteiger partial charge < -0.3 is 4.74 Å². The second-order valence-corrected chi connectivity index (χ2v) is 4.50. The molecule has 0 saturated carbocycles. The lowest BCUT2D eigenvalue weighted by Crippen LogP contribution is -2.07. The molecule has 0 N–H and O–H groups in total. The van der Waals surface area contributed by atoms with E-state index in [0.717, 1.165) is 17.3 Å². The summed E-state index contributed by atoms with van der Waals surface area (Å²) < 4.78 is 12.6. The minimum Gasteiger partial charge on any atom is -0.435 e. The average molecular weight is 289 g/mol. The van der Waals surface area contributed by atoms with Crippen molar-refractivity contribution in [1.29, 1.82) is 0 Å². The van der Waals surface area contributed by atoms with Gasteiger partial charge in [0.05, 0.1) is 11.7 Å². The highest BCUT2D eigenvalue weighted by atomic mass is 35.5. The molecule has 1 aromatic heterocycles. The molecule has 4 nitrogen and oxygen atoms in total. The van der Waals surface area contributed by atoms with E-state index in [2.05, 4.69) is 8.75 Å². The minimum atomic E-state index is -0.540. The fraction of sp³-hybridized carbons (Fsp3) is 0.100. The van der Waals surface area contributed by atoms with Crippen molar-refractivity contribution in [2.45, 2.75) is 6.92 Å². The van der Waals surface area contributed by atoms with Crippen molar-refractivity contribution < 1.29 is 4.74 Å². The van der Waals surface area contributed by atoms with Gasteiger partial charge in [-0.15, -0.1) is 4.37 Å². The van der Waals surface area contributed by atoms with Gasteiger partial charge in [-0.2, -0.15) is 4.37 Å². The van der Waals surface area contributed by atoms with Crippen LogP contribution in [0.4, 0.5) is 0 Å². The molecule has 0 radical (unpaired) electrons. The summed E-state index contributed by atoms with van der Waals surface area (Å²) in [4.78, 5) is 11.5. The maximum Gasteiger partial charge on any atom is 0.283 e. The van der Waals surface area contributed by atoms with Gasteiger partial charge in [0.2, 0.25) is 0 Å². The van der Waals surface area contributed by atoms with Crippen LogP contribution in [-0.2, 0) is 0 Å². The molecule has 0 aliphatic carbocycles. The first-order chi connectivity index (χ1) is 8.08. The van der Waals surface area contributed by atoms with E-state index in [1.807, 2.05) is 6.92 Å². The standard InChI is InChI=1S/C10H6Cl2N2O2S/c1-5-2-3-6(4-7(5)11)16-10-8(15)9(12)13-17-14-10/h2-4H,1H3. The van der Waals surface area contributed by atoms with Crippen molar-refractivity contribution in [3.63, 3.8) is 0 Å². The van der Waals surface area contributed by atoms with Gasteiger partial charge in [0.15, 0.2) is 5.15 Å². The average Bonchev–Trinajstić information content (AvgIpc) is 2.30. The summed E-state index contributed by atoms with van der Waals surface area (Å²) in [6.45, 7) is 1.87. The van der Waals surface area contributed by atoms with E-state index in [0.29, 0.717) is 10.8 Å². The number of nitrogens with zero attached hydrogens (tertiary/aromatic N) is 2. The van der Waals surface area contributed by atoms with E-state index in [1.165, 1.54) is 0 Å². The SMILES string of the molecule is Cc1ccc(Oc2nsnc(Cl)c2=O)cc1Cl. The number of rotatable bonds is 2. The quantitative estimate of drug-likeness (QED) is 0.851. The number of aromatic nitrogens is 2. The third kappa shape index (κ3) is 2.74. The van der Waals surface area contributed by atoms with Gasteiger partial charge in [-0.05, 0) is 24.6 Å². The van der Waals surface area contributed by atoms with E-state index in [4.69, 9.17) is 27.9 Å². The molecule has 17 heavy (non-hydrogen) atoms. The van der Waals surface area contributed by atoms with Crippen LogP contribution in [0.5, 0.6) is 11.6 Å². The monoisotopic (exact) mass is 288 g/mol. The maximum atomic E-state index is 11.5. The fourth-order valence-corrected chi connectivity index (χ4v) is 1.81. The summed E-state index contributed by atoms with van der Waals surface area (Å²) in [6, 6.07) is 5.09. The molecule has 1 heterocycles. The first-order valence-corrected chi connectivity index (χ1v) is 6.03. The molecule has 0 atom stereocenters. The molecule has 0 unspecified atom stereocenters. The molecule has 7 heteroatoms. The van der Waals surface area contributed by atoms with E-state index in [9.17, 15) is 4.79 Å². The number of ether oxygens (including phenoxy) is 1.